The minimum absolute atomic E-state index is 0.176. The van der Waals surface area contributed by atoms with Gasteiger partial charge in [-0.15, -0.1) is 10.2 Å². The number of aromatic nitrogens is 3. The van der Waals surface area contributed by atoms with Crippen molar-refractivity contribution in [1.82, 2.24) is 20.1 Å². The first-order chi connectivity index (χ1) is 10.3. The lowest BCUT2D eigenvalue weighted by Crippen LogP contribution is -2.21. The number of hydrogen-bond acceptors (Lipinski definition) is 5. The third-order valence-electron chi connectivity index (χ3n) is 4.07. The van der Waals surface area contributed by atoms with Gasteiger partial charge < -0.3 is 19.4 Å². The van der Waals surface area contributed by atoms with E-state index < -0.39 is 0 Å². The Morgan fingerprint density at radius 1 is 1.29 bits per heavy atom. The van der Waals surface area contributed by atoms with Gasteiger partial charge in [0.05, 0.1) is 6.04 Å². The molecular formula is C15H18N4O2. The quantitative estimate of drug-likeness (QED) is 0.928. The normalized spacial score (nSPS) is 17.0. The summed E-state index contributed by atoms with van der Waals surface area (Å²) in [5.74, 6) is 3.79. The van der Waals surface area contributed by atoms with Gasteiger partial charge in [0.25, 0.3) is 0 Å². The molecule has 1 aromatic heterocycles. The average molecular weight is 286 g/mol. The highest BCUT2D eigenvalue weighted by atomic mass is 16.7. The fraction of sp³-hybridized carbons (Fsp3) is 0.467. The first kappa shape index (κ1) is 12.6. The Balaban J connectivity index is 1.44. The van der Waals surface area contributed by atoms with E-state index in [1.165, 1.54) is 12.0 Å². The Bertz CT molecular complexity index is 668. The Morgan fingerprint density at radius 2 is 2.19 bits per heavy atom. The van der Waals surface area contributed by atoms with Gasteiger partial charge in [-0.25, -0.2) is 0 Å². The third-order valence-corrected chi connectivity index (χ3v) is 4.07. The van der Waals surface area contributed by atoms with E-state index in [2.05, 4.69) is 33.1 Å². The topological polar surface area (TPSA) is 61.2 Å². The molecule has 6 nitrogen and oxygen atoms in total. The molecule has 4 rings (SSSR count). The predicted molar refractivity (Wildman–Crippen MR) is 76.2 cm³/mol. The van der Waals surface area contributed by atoms with Gasteiger partial charge in [-0.3, -0.25) is 0 Å². The second-order valence-corrected chi connectivity index (χ2v) is 5.52. The molecule has 1 unspecified atom stereocenters. The highest BCUT2D eigenvalue weighted by Gasteiger charge is 2.21. The summed E-state index contributed by atoms with van der Waals surface area (Å²) < 4.78 is 13.0. The molecule has 0 radical (unpaired) electrons. The van der Waals surface area contributed by atoms with Crippen LogP contribution in [0.2, 0.25) is 0 Å². The van der Waals surface area contributed by atoms with Crippen molar-refractivity contribution < 1.29 is 9.47 Å². The van der Waals surface area contributed by atoms with Gasteiger partial charge >= 0.3 is 0 Å². The summed E-state index contributed by atoms with van der Waals surface area (Å²) >= 11 is 0. The molecule has 3 heterocycles. The largest absolute Gasteiger partial charge is 0.454 e. The molecule has 2 aliphatic rings. The average Bonchev–Trinajstić information content (AvgIpc) is 3.19. The van der Waals surface area contributed by atoms with Crippen LogP contribution >= 0.6 is 0 Å². The van der Waals surface area contributed by atoms with Crippen LogP contribution < -0.4 is 14.8 Å². The van der Waals surface area contributed by atoms with Crippen molar-refractivity contribution in [1.29, 1.82) is 0 Å². The summed E-state index contributed by atoms with van der Waals surface area (Å²) in [7, 11) is 0. The third kappa shape index (κ3) is 2.25. The SMILES string of the molecule is CC(NCc1ccc2c(c1)OCO2)c1nnc2n1CCC2. The molecule has 2 aliphatic heterocycles. The van der Waals surface area contributed by atoms with Gasteiger partial charge in [0.15, 0.2) is 11.5 Å². The molecule has 1 N–H and O–H groups in total. The van der Waals surface area contributed by atoms with E-state index in [1.807, 2.05) is 12.1 Å². The second kappa shape index (κ2) is 5.04. The molecule has 0 saturated carbocycles. The summed E-state index contributed by atoms with van der Waals surface area (Å²) in [4.78, 5) is 0. The smallest absolute Gasteiger partial charge is 0.231 e. The molecule has 21 heavy (non-hydrogen) atoms. The molecule has 1 atom stereocenters. The van der Waals surface area contributed by atoms with E-state index in [4.69, 9.17) is 9.47 Å². The number of nitrogens with zero attached hydrogens (tertiary/aromatic N) is 3. The lowest BCUT2D eigenvalue weighted by molar-refractivity contribution is 0.174. The molecule has 1 aromatic carbocycles. The molecule has 0 fully saturated rings. The Labute approximate surface area is 123 Å². The first-order valence-corrected chi connectivity index (χ1v) is 7.35. The van der Waals surface area contributed by atoms with Crippen molar-refractivity contribution in [2.75, 3.05) is 6.79 Å². The van der Waals surface area contributed by atoms with E-state index in [0.29, 0.717) is 6.79 Å². The van der Waals surface area contributed by atoms with Crippen molar-refractivity contribution in [3.63, 3.8) is 0 Å². The number of aryl methyl sites for hydroxylation is 1. The first-order valence-electron chi connectivity index (χ1n) is 7.35. The maximum absolute atomic E-state index is 5.40. The number of fused-ring (bicyclic) bond motifs is 2. The second-order valence-electron chi connectivity index (χ2n) is 5.52. The highest BCUT2D eigenvalue weighted by molar-refractivity contribution is 5.44. The maximum atomic E-state index is 5.40. The minimum Gasteiger partial charge on any atom is -0.454 e. The van der Waals surface area contributed by atoms with Crippen LogP contribution in [-0.4, -0.2) is 21.6 Å². The number of ether oxygens (including phenoxy) is 2. The van der Waals surface area contributed by atoms with Crippen LogP contribution in [0.15, 0.2) is 18.2 Å². The number of hydrogen-bond donors (Lipinski definition) is 1. The minimum atomic E-state index is 0.176. The predicted octanol–water partition coefficient (Wildman–Crippen LogP) is 1.80. The zero-order valence-corrected chi connectivity index (χ0v) is 12.0. The van der Waals surface area contributed by atoms with Gasteiger partial charge in [0.1, 0.15) is 11.6 Å². The van der Waals surface area contributed by atoms with Crippen molar-refractivity contribution in [3.8, 4) is 11.5 Å². The van der Waals surface area contributed by atoms with Crippen LogP contribution in [0.4, 0.5) is 0 Å². The Hall–Kier alpha value is -2.08. The van der Waals surface area contributed by atoms with E-state index in [9.17, 15) is 0 Å². The monoisotopic (exact) mass is 286 g/mol. The van der Waals surface area contributed by atoms with E-state index >= 15 is 0 Å². The van der Waals surface area contributed by atoms with Crippen LogP contribution in [0.1, 0.15) is 36.6 Å². The van der Waals surface area contributed by atoms with Gasteiger partial charge in [-0.2, -0.15) is 0 Å². The zero-order chi connectivity index (χ0) is 14.2. The summed E-state index contributed by atoms with van der Waals surface area (Å²) in [6.45, 7) is 4.24. The highest BCUT2D eigenvalue weighted by Crippen LogP contribution is 2.32. The van der Waals surface area contributed by atoms with Crippen LogP contribution in [0.3, 0.4) is 0 Å². The van der Waals surface area contributed by atoms with Crippen LogP contribution in [-0.2, 0) is 19.5 Å². The lowest BCUT2D eigenvalue weighted by Gasteiger charge is -2.14. The Morgan fingerprint density at radius 3 is 3.14 bits per heavy atom. The van der Waals surface area contributed by atoms with Crippen molar-refractivity contribution in [3.05, 3.63) is 35.4 Å². The summed E-state index contributed by atoms with van der Waals surface area (Å²) in [6.07, 6.45) is 2.22. The molecule has 0 amide bonds. The maximum Gasteiger partial charge on any atom is 0.231 e. The fourth-order valence-corrected chi connectivity index (χ4v) is 2.91. The van der Waals surface area contributed by atoms with Crippen LogP contribution in [0, 0.1) is 0 Å². The summed E-state index contributed by atoms with van der Waals surface area (Å²) in [5.41, 5.74) is 1.17. The molecule has 110 valence electrons. The molecular weight excluding hydrogens is 268 g/mol. The van der Waals surface area contributed by atoms with Crippen LogP contribution in [0.25, 0.3) is 0 Å². The van der Waals surface area contributed by atoms with E-state index in [1.54, 1.807) is 0 Å². The van der Waals surface area contributed by atoms with Gasteiger partial charge in [0, 0.05) is 19.5 Å². The molecule has 0 saturated heterocycles. The molecule has 2 aromatic rings. The molecule has 0 spiro atoms. The van der Waals surface area contributed by atoms with E-state index in [-0.39, 0.29) is 6.04 Å². The molecule has 6 heteroatoms. The number of rotatable bonds is 4. The van der Waals surface area contributed by atoms with Gasteiger partial charge in [0.2, 0.25) is 6.79 Å². The molecule has 0 bridgehead atoms. The van der Waals surface area contributed by atoms with Crippen molar-refractivity contribution in [2.45, 2.75) is 38.9 Å². The summed E-state index contributed by atoms with van der Waals surface area (Å²) in [6, 6.07) is 6.21. The van der Waals surface area contributed by atoms with Gasteiger partial charge in [-0.1, -0.05) is 6.07 Å². The van der Waals surface area contributed by atoms with Crippen LogP contribution in [0.5, 0.6) is 11.5 Å². The number of benzene rings is 1. The molecule has 0 aliphatic carbocycles. The fourth-order valence-electron chi connectivity index (χ4n) is 2.91. The lowest BCUT2D eigenvalue weighted by atomic mass is 10.2. The number of nitrogens with one attached hydrogen (secondary N) is 1. The zero-order valence-electron chi connectivity index (χ0n) is 12.0. The van der Waals surface area contributed by atoms with Gasteiger partial charge in [-0.05, 0) is 31.0 Å². The van der Waals surface area contributed by atoms with E-state index in [0.717, 1.165) is 42.7 Å². The van der Waals surface area contributed by atoms with Crippen molar-refractivity contribution >= 4 is 0 Å². The van der Waals surface area contributed by atoms with Crippen molar-refractivity contribution in [2.24, 2.45) is 0 Å². The summed E-state index contributed by atoms with van der Waals surface area (Å²) in [5, 5.41) is 12.1. The standard InChI is InChI=1S/C15H18N4O2/c1-10(15-18-17-14-3-2-6-19(14)15)16-8-11-4-5-12-13(7-11)21-9-20-12/h4-5,7,10,16H,2-3,6,8-9H2,1H3. The Kier molecular flexibility index (Phi) is 3.03.